The summed E-state index contributed by atoms with van der Waals surface area (Å²) in [5.74, 6) is 0. The van der Waals surface area contributed by atoms with E-state index in [2.05, 4.69) is 0 Å². The number of hydrogen-bond acceptors (Lipinski definition) is 4. The fraction of sp³-hybridized carbons (Fsp3) is 0.714. The second-order valence-corrected chi connectivity index (χ2v) is 2.99. The third-order valence-electron chi connectivity index (χ3n) is 2.01. The predicted molar refractivity (Wildman–Crippen MR) is 37.8 cm³/mol. The molecule has 11 heavy (non-hydrogen) atoms. The Morgan fingerprint density at radius 3 is 2.18 bits per heavy atom. The first-order valence-corrected chi connectivity index (χ1v) is 3.41. The second-order valence-electron chi connectivity index (χ2n) is 2.99. The van der Waals surface area contributed by atoms with Crippen molar-refractivity contribution in [1.82, 2.24) is 0 Å². The van der Waals surface area contributed by atoms with Crippen LogP contribution < -0.4 is 0 Å². The lowest BCUT2D eigenvalue weighted by Crippen LogP contribution is -2.55. The molecule has 0 aromatic rings. The van der Waals surface area contributed by atoms with E-state index in [9.17, 15) is 5.11 Å². The zero-order valence-corrected chi connectivity index (χ0v) is 6.18. The normalized spacial score (nSPS) is 51.2. The highest BCUT2D eigenvalue weighted by atomic mass is 16.4. The molecule has 4 nitrogen and oxygen atoms in total. The van der Waals surface area contributed by atoms with E-state index in [0.717, 1.165) is 0 Å². The van der Waals surface area contributed by atoms with Gasteiger partial charge in [0.05, 0.1) is 0 Å². The molecular weight excluding hydrogens is 148 g/mol. The summed E-state index contributed by atoms with van der Waals surface area (Å²) in [6, 6.07) is 0. The Morgan fingerprint density at radius 1 is 1.18 bits per heavy atom. The quantitative estimate of drug-likeness (QED) is 0.321. The molecule has 4 heteroatoms. The van der Waals surface area contributed by atoms with Crippen molar-refractivity contribution in [3.63, 3.8) is 0 Å². The zero-order valence-electron chi connectivity index (χ0n) is 6.18. The largest absolute Gasteiger partial charge is 0.387 e. The fourth-order valence-electron chi connectivity index (χ4n) is 1.04. The minimum absolute atomic E-state index is 1.10. The summed E-state index contributed by atoms with van der Waals surface area (Å²) in [6.07, 6.45) is -1.04. The molecule has 0 aliphatic heterocycles. The molecule has 4 N–H and O–H groups in total. The Labute approximate surface area is 64.4 Å². The molecule has 0 saturated carbocycles. The minimum Gasteiger partial charge on any atom is -0.387 e. The summed E-state index contributed by atoms with van der Waals surface area (Å²) in [5.41, 5.74) is -1.66. The predicted octanol–water partition coefficient (Wildman–Crippen LogP) is -1.61. The van der Waals surface area contributed by atoms with Crippen LogP contribution in [-0.4, -0.2) is 44.3 Å². The van der Waals surface area contributed by atoms with Crippen molar-refractivity contribution in [2.45, 2.75) is 30.8 Å². The molecule has 0 radical (unpaired) electrons. The maximum absolute atomic E-state index is 9.37. The van der Waals surface area contributed by atoms with Crippen LogP contribution >= 0.6 is 0 Å². The van der Waals surface area contributed by atoms with E-state index in [-0.39, 0.29) is 0 Å². The van der Waals surface area contributed by atoms with Crippen molar-refractivity contribution < 1.29 is 20.4 Å². The number of rotatable bonds is 0. The summed E-state index contributed by atoms with van der Waals surface area (Å²) in [6.45, 7) is 1.27. The average Bonchev–Trinajstić information content (AvgIpc) is 1.95. The number of aliphatic hydroxyl groups is 4. The van der Waals surface area contributed by atoms with Crippen molar-refractivity contribution in [1.29, 1.82) is 0 Å². The Bertz CT molecular complexity index is 175. The van der Waals surface area contributed by atoms with Gasteiger partial charge >= 0.3 is 0 Å². The molecule has 0 bridgehead atoms. The van der Waals surface area contributed by atoms with E-state index in [0.29, 0.717) is 0 Å². The average molecular weight is 160 g/mol. The molecule has 1 rings (SSSR count). The number of aliphatic hydroxyl groups excluding tert-OH is 3. The van der Waals surface area contributed by atoms with Gasteiger partial charge in [0, 0.05) is 0 Å². The van der Waals surface area contributed by atoms with Gasteiger partial charge in [-0.05, 0) is 6.92 Å². The molecule has 0 aromatic heterocycles. The smallest absolute Gasteiger partial charge is 0.120 e. The Balaban J connectivity index is 2.88. The molecule has 0 fully saturated rings. The lowest BCUT2D eigenvalue weighted by Gasteiger charge is -2.37. The standard InChI is InChI=1S/C7H12O4/c1-7(11)5(9)3-2-4(8)6(7)10/h2-6,8-11H,1H3/t4-,5-,6-,7-/m0/s1. The topological polar surface area (TPSA) is 80.9 Å². The van der Waals surface area contributed by atoms with Crippen LogP contribution in [-0.2, 0) is 0 Å². The van der Waals surface area contributed by atoms with Crippen LogP contribution in [0.1, 0.15) is 6.92 Å². The highest BCUT2D eigenvalue weighted by Crippen LogP contribution is 2.23. The lowest BCUT2D eigenvalue weighted by molar-refractivity contribution is -0.153. The van der Waals surface area contributed by atoms with Gasteiger partial charge in [0.1, 0.15) is 23.9 Å². The van der Waals surface area contributed by atoms with Crippen molar-refractivity contribution in [2.75, 3.05) is 0 Å². The van der Waals surface area contributed by atoms with Crippen molar-refractivity contribution in [2.24, 2.45) is 0 Å². The molecule has 4 atom stereocenters. The van der Waals surface area contributed by atoms with Gasteiger partial charge in [0.25, 0.3) is 0 Å². The van der Waals surface area contributed by atoms with Gasteiger partial charge in [-0.25, -0.2) is 0 Å². The summed E-state index contributed by atoms with van der Waals surface area (Å²) in [5, 5.41) is 36.7. The third kappa shape index (κ3) is 1.30. The zero-order chi connectivity index (χ0) is 8.65. The van der Waals surface area contributed by atoms with Crippen molar-refractivity contribution in [3.8, 4) is 0 Å². The first kappa shape index (κ1) is 8.67. The maximum atomic E-state index is 9.37. The van der Waals surface area contributed by atoms with Gasteiger partial charge < -0.3 is 20.4 Å². The molecule has 0 amide bonds. The van der Waals surface area contributed by atoms with Crippen LogP contribution in [0, 0.1) is 0 Å². The first-order chi connectivity index (χ1) is 4.96. The van der Waals surface area contributed by atoms with Crippen molar-refractivity contribution >= 4 is 0 Å². The summed E-state index contributed by atoms with van der Waals surface area (Å²) in [4.78, 5) is 0. The molecule has 64 valence electrons. The molecule has 1 aliphatic rings. The second kappa shape index (κ2) is 2.57. The monoisotopic (exact) mass is 160 g/mol. The SMILES string of the molecule is C[C@]1(O)[C@@H](O)C=C[C@H](O)[C@@H]1O. The van der Waals surface area contributed by atoms with Gasteiger partial charge in [-0.15, -0.1) is 0 Å². The van der Waals surface area contributed by atoms with E-state index in [1.807, 2.05) is 0 Å². The van der Waals surface area contributed by atoms with Crippen LogP contribution in [0.3, 0.4) is 0 Å². The Morgan fingerprint density at radius 2 is 1.73 bits per heavy atom. The number of hydrogen-bond donors (Lipinski definition) is 4. The van der Waals surface area contributed by atoms with Gasteiger partial charge in [-0.3, -0.25) is 0 Å². The summed E-state index contributed by atoms with van der Waals surface area (Å²) >= 11 is 0. The molecule has 0 spiro atoms. The Hall–Kier alpha value is -0.420. The molecule has 1 aliphatic carbocycles. The van der Waals surface area contributed by atoms with E-state index in [1.165, 1.54) is 19.1 Å². The molecule has 0 saturated heterocycles. The highest BCUT2D eigenvalue weighted by Gasteiger charge is 2.42. The van der Waals surface area contributed by atoms with E-state index < -0.39 is 23.9 Å². The fourth-order valence-corrected chi connectivity index (χ4v) is 1.04. The van der Waals surface area contributed by atoms with Gasteiger partial charge in [0.15, 0.2) is 0 Å². The van der Waals surface area contributed by atoms with Crippen LogP contribution in [0.15, 0.2) is 12.2 Å². The maximum Gasteiger partial charge on any atom is 0.120 e. The third-order valence-corrected chi connectivity index (χ3v) is 2.01. The molecule has 0 unspecified atom stereocenters. The van der Waals surface area contributed by atoms with Gasteiger partial charge in [0.2, 0.25) is 0 Å². The van der Waals surface area contributed by atoms with Gasteiger partial charge in [-0.1, -0.05) is 12.2 Å². The van der Waals surface area contributed by atoms with Crippen LogP contribution in [0.5, 0.6) is 0 Å². The minimum atomic E-state index is -1.66. The van der Waals surface area contributed by atoms with E-state index >= 15 is 0 Å². The van der Waals surface area contributed by atoms with Crippen LogP contribution in [0.2, 0.25) is 0 Å². The molecule has 0 aromatic carbocycles. The summed E-state index contributed by atoms with van der Waals surface area (Å²) in [7, 11) is 0. The van der Waals surface area contributed by atoms with Crippen LogP contribution in [0.25, 0.3) is 0 Å². The molecule has 0 heterocycles. The van der Waals surface area contributed by atoms with E-state index in [4.69, 9.17) is 15.3 Å². The van der Waals surface area contributed by atoms with E-state index in [1.54, 1.807) is 0 Å². The van der Waals surface area contributed by atoms with Crippen molar-refractivity contribution in [3.05, 3.63) is 12.2 Å². The van der Waals surface area contributed by atoms with Crippen LogP contribution in [0.4, 0.5) is 0 Å². The summed E-state index contributed by atoms with van der Waals surface area (Å²) < 4.78 is 0. The lowest BCUT2D eigenvalue weighted by atomic mass is 9.84. The Kier molecular flexibility index (Phi) is 2.02. The highest BCUT2D eigenvalue weighted by molar-refractivity contribution is 5.13. The van der Waals surface area contributed by atoms with Gasteiger partial charge in [-0.2, -0.15) is 0 Å². The molecular formula is C7H12O4. The first-order valence-electron chi connectivity index (χ1n) is 3.41.